The lowest BCUT2D eigenvalue weighted by molar-refractivity contribution is -0.147. The number of nitrogens with one attached hydrogen (secondary N) is 4. The molecule has 0 heterocycles. The van der Waals surface area contributed by atoms with Gasteiger partial charge in [-0.1, -0.05) is 0 Å². The van der Waals surface area contributed by atoms with Gasteiger partial charge in [0, 0.05) is 39.8 Å². The van der Waals surface area contributed by atoms with Crippen molar-refractivity contribution in [1.82, 2.24) is 21.3 Å². The minimum atomic E-state index is -4.72. The summed E-state index contributed by atoms with van der Waals surface area (Å²) in [5.41, 5.74) is 0. The fraction of sp³-hybridized carbons (Fsp3) is 0.758. The highest BCUT2D eigenvalue weighted by Gasteiger charge is 2.26. The molecule has 0 aliphatic heterocycles. The van der Waals surface area contributed by atoms with Crippen molar-refractivity contribution in [3.63, 3.8) is 0 Å². The number of rotatable bonds is 34. The van der Waals surface area contributed by atoms with Gasteiger partial charge in [0.15, 0.2) is 0 Å². The molecule has 0 aromatic rings. The smallest absolute Gasteiger partial charge is 0.463 e. The number of hydrogen-bond donors (Lipinski definition) is 6. The van der Waals surface area contributed by atoms with Gasteiger partial charge < -0.3 is 50.0 Å². The highest BCUT2D eigenvalue weighted by molar-refractivity contribution is 7.47. The van der Waals surface area contributed by atoms with Crippen LogP contribution in [0.3, 0.4) is 0 Å². The number of hydrogen-bond acceptors (Lipinski definition) is 18. The highest BCUT2D eigenvalue weighted by atomic mass is 31.2. The Morgan fingerprint density at radius 1 is 0.508 bits per heavy atom. The van der Waals surface area contributed by atoms with E-state index in [0.717, 1.165) is 0 Å². The number of phosphoric ester groups is 2. The van der Waals surface area contributed by atoms with E-state index in [1.54, 1.807) is 13.8 Å². The zero-order valence-corrected chi connectivity index (χ0v) is 35.8. The Morgan fingerprint density at radius 2 is 0.864 bits per heavy atom. The standard InChI is InChI=1S/C33H58N4O20P2/c1-22(38)15-32(44)36-28(18-50-11-7-24(3)56-26(5)40)20-54-58(46,47)52-13-9-34-30(42)17-31(43)35-10-14-53-59(48,49)55-21-29(37-33(45)16-23(2)39)19-51-12-8-25(4)57-27(6)41/h24-25,28-29H,7-21H2,1-6H3,(H,34,42)(H,35,43)(H,36,44)(H,37,45)(H,46,47)(H,48,49)/t24-,25-,28?,29?/m1/s1. The van der Waals surface area contributed by atoms with Crippen molar-refractivity contribution in [3.05, 3.63) is 0 Å². The first kappa shape index (κ1) is 55.3. The Balaban J connectivity index is 4.65. The van der Waals surface area contributed by atoms with Gasteiger partial charge in [0.25, 0.3) is 0 Å². The number of phosphoric acid groups is 2. The van der Waals surface area contributed by atoms with Crippen LogP contribution in [-0.4, -0.2) is 147 Å². The number of ether oxygens (including phenoxy) is 4. The van der Waals surface area contributed by atoms with Gasteiger partial charge in [-0.25, -0.2) is 9.13 Å². The largest absolute Gasteiger partial charge is 0.472 e. The summed E-state index contributed by atoms with van der Waals surface area (Å²) >= 11 is 0. The van der Waals surface area contributed by atoms with Gasteiger partial charge in [0.05, 0.1) is 77.8 Å². The van der Waals surface area contributed by atoms with E-state index in [2.05, 4.69) is 21.3 Å². The first-order valence-corrected chi connectivity index (χ1v) is 21.3. The second kappa shape index (κ2) is 30.3. The number of carbonyl (C=O) groups excluding carboxylic acids is 8. The van der Waals surface area contributed by atoms with Crippen molar-refractivity contribution in [1.29, 1.82) is 0 Å². The monoisotopic (exact) mass is 892 g/mol. The molecule has 0 radical (unpaired) electrons. The van der Waals surface area contributed by atoms with E-state index in [4.69, 9.17) is 37.0 Å². The van der Waals surface area contributed by atoms with Crippen LogP contribution < -0.4 is 21.3 Å². The SMILES string of the molecule is CC(=O)CC(=O)NC(COCC[C@@H](C)OC(C)=O)COP(=O)(O)OCCNC(=O)CC(=O)NCCOP(=O)(O)OCC(COCC[C@@H](C)OC(C)=O)NC(=O)CC(C)=O. The van der Waals surface area contributed by atoms with Gasteiger partial charge in [-0.05, 0) is 27.7 Å². The van der Waals surface area contributed by atoms with Crippen LogP contribution in [0.25, 0.3) is 0 Å². The molecule has 24 nitrogen and oxygen atoms in total. The van der Waals surface area contributed by atoms with Crippen LogP contribution in [0.2, 0.25) is 0 Å². The quantitative estimate of drug-likeness (QED) is 0.0206. The lowest BCUT2D eigenvalue weighted by Crippen LogP contribution is -2.42. The Morgan fingerprint density at radius 3 is 1.19 bits per heavy atom. The normalized spacial score (nSPS) is 15.2. The molecule has 0 saturated carbocycles. The fourth-order valence-corrected chi connectivity index (χ4v) is 5.85. The maximum atomic E-state index is 12.4. The third-order valence-electron chi connectivity index (χ3n) is 6.82. The summed E-state index contributed by atoms with van der Waals surface area (Å²) in [4.78, 5) is 113. The topological polar surface area (TPSA) is 333 Å². The molecule has 0 aromatic heterocycles. The van der Waals surface area contributed by atoms with Crippen LogP contribution >= 0.6 is 15.6 Å². The summed E-state index contributed by atoms with van der Waals surface area (Å²) in [6, 6.07) is -1.96. The number of esters is 2. The van der Waals surface area contributed by atoms with Gasteiger partial charge in [-0.3, -0.25) is 56.5 Å². The summed E-state index contributed by atoms with van der Waals surface area (Å²) in [5, 5.41) is 9.45. The number of ketones is 2. The van der Waals surface area contributed by atoms with Crippen LogP contribution in [0.4, 0.5) is 0 Å². The van der Waals surface area contributed by atoms with Crippen molar-refractivity contribution in [3.8, 4) is 0 Å². The summed E-state index contributed by atoms with van der Waals surface area (Å²) in [6.45, 7) is 5.15. The van der Waals surface area contributed by atoms with Crippen molar-refractivity contribution < 1.29 is 94.3 Å². The second-order valence-electron chi connectivity index (χ2n) is 12.9. The first-order valence-electron chi connectivity index (χ1n) is 18.3. The van der Waals surface area contributed by atoms with Crippen molar-refractivity contribution in [2.45, 2.75) is 97.9 Å². The summed E-state index contributed by atoms with van der Waals surface area (Å²) in [5.74, 6) is -4.78. The van der Waals surface area contributed by atoms with Crippen molar-refractivity contribution in [2.24, 2.45) is 0 Å². The van der Waals surface area contributed by atoms with E-state index in [9.17, 15) is 57.3 Å². The molecule has 0 aliphatic rings. The highest BCUT2D eigenvalue weighted by Crippen LogP contribution is 2.43. The van der Waals surface area contributed by atoms with Crippen LogP contribution in [0.1, 0.15) is 73.6 Å². The Bertz CT molecular complexity index is 1380. The molecule has 59 heavy (non-hydrogen) atoms. The number of amides is 4. The zero-order chi connectivity index (χ0) is 45.0. The average molecular weight is 893 g/mol. The maximum absolute atomic E-state index is 12.4. The molecule has 0 spiro atoms. The first-order chi connectivity index (χ1) is 27.5. The van der Waals surface area contributed by atoms with E-state index < -0.39 is 133 Å². The second-order valence-corrected chi connectivity index (χ2v) is 15.8. The van der Waals surface area contributed by atoms with Crippen LogP contribution in [0.5, 0.6) is 0 Å². The lowest BCUT2D eigenvalue weighted by Gasteiger charge is -2.21. The third kappa shape index (κ3) is 33.8. The van der Waals surface area contributed by atoms with Gasteiger partial charge in [0.1, 0.15) is 30.2 Å². The van der Waals surface area contributed by atoms with Crippen LogP contribution in [-0.2, 0) is 84.5 Å². The molecule has 0 aromatic carbocycles. The molecular formula is C33H58N4O20P2. The van der Waals surface area contributed by atoms with E-state index >= 15 is 0 Å². The Hall–Kier alpha value is -3.70. The molecule has 0 fully saturated rings. The van der Waals surface area contributed by atoms with Gasteiger partial charge in [-0.15, -0.1) is 0 Å². The van der Waals surface area contributed by atoms with Crippen LogP contribution in [0.15, 0.2) is 0 Å². The minimum absolute atomic E-state index is 0.0986. The van der Waals surface area contributed by atoms with Crippen LogP contribution in [0, 0.1) is 0 Å². The summed E-state index contributed by atoms with van der Waals surface area (Å²) in [7, 11) is -9.45. The number of Topliss-reactive ketones (excluding diaryl/α,β-unsaturated/α-hetero) is 2. The summed E-state index contributed by atoms with van der Waals surface area (Å²) < 4.78 is 65.1. The third-order valence-corrected chi connectivity index (χ3v) is 8.78. The molecule has 0 rings (SSSR count). The predicted octanol–water partition coefficient (Wildman–Crippen LogP) is -0.479. The molecule has 6 N–H and O–H groups in total. The molecule has 0 bridgehead atoms. The fourth-order valence-electron chi connectivity index (χ4n) is 4.32. The van der Waals surface area contributed by atoms with E-state index in [1.165, 1.54) is 27.7 Å². The van der Waals surface area contributed by atoms with Gasteiger partial charge in [-0.2, -0.15) is 0 Å². The van der Waals surface area contributed by atoms with Crippen molar-refractivity contribution in [2.75, 3.05) is 65.9 Å². The van der Waals surface area contributed by atoms with E-state index in [0.29, 0.717) is 12.8 Å². The van der Waals surface area contributed by atoms with E-state index in [1.807, 2.05) is 0 Å². The van der Waals surface area contributed by atoms with Crippen molar-refractivity contribution >= 4 is 62.8 Å². The molecule has 0 saturated heterocycles. The molecule has 4 unspecified atom stereocenters. The molecule has 340 valence electrons. The molecular weight excluding hydrogens is 834 g/mol. The molecule has 26 heteroatoms. The maximum Gasteiger partial charge on any atom is 0.472 e. The lowest BCUT2D eigenvalue weighted by atomic mass is 10.2. The molecule has 4 amide bonds. The van der Waals surface area contributed by atoms with Gasteiger partial charge >= 0.3 is 27.6 Å². The zero-order valence-electron chi connectivity index (χ0n) is 34.1. The minimum Gasteiger partial charge on any atom is -0.463 e. The Kier molecular flexibility index (Phi) is 28.4. The molecule has 0 aliphatic carbocycles. The Labute approximate surface area is 342 Å². The molecule has 6 atom stereocenters. The van der Waals surface area contributed by atoms with Gasteiger partial charge in [0.2, 0.25) is 23.6 Å². The summed E-state index contributed by atoms with van der Waals surface area (Å²) in [6.07, 6.45) is -1.87. The number of carbonyl (C=O) groups is 8. The predicted molar refractivity (Wildman–Crippen MR) is 202 cm³/mol. The average Bonchev–Trinajstić information content (AvgIpc) is 3.08. The van der Waals surface area contributed by atoms with E-state index in [-0.39, 0.29) is 39.5 Å².